The van der Waals surface area contributed by atoms with Crippen molar-refractivity contribution in [1.29, 1.82) is 0 Å². The highest BCUT2D eigenvalue weighted by molar-refractivity contribution is 5.87. The van der Waals surface area contributed by atoms with Crippen LogP contribution in [-0.4, -0.2) is 40.4 Å². The van der Waals surface area contributed by atoms with Crippen LogP contribution >= 0.6 is 0 Å². The highest BCUT2D eigenvalue weighted by atomic mass is 16.5. The lowest BCUT2D eigenvalue weighted by atomic mass is 9.76. The van der Waals surface area contributed by atoms with Crippen molar-refractivity contribution in [3.63, 3.8) is 0 Å². The molecule has 2 aliphatic heterocycles. The second-order valence-electron chi connectivity index (χ2n) is 6.14. The SMILES string of the molecule is CC1(C)OCCC2C(C(O)Cc3ccccc3)C(=O)N21. The monoisotopic (exact) mass is 275 g/mol. The van der Waals surface area contributed by atoms with Gasteiger partial charge in [0.05, 0.1) is 24.7 Å². The zero-order chi connectivity index (χ0) is 14.3. The Morgan fingerprint density at radius 3 is 2.80 bits per heavy atom. The van der Waals surface area contributed by atoms with E-state index in [1.165, 1.54) is 0 Å². The largest absolute Gasteiger partial charge is 0.392 e. The van der Waals surface area contributed by atoms with Crippen molar-refractivity contribution in [2.24, 2.45) is 5.92 Å². The predicted octanol–water partition coefficient (Wildman–Crippen LogP) is 1.57. The molecule has 0 bridgehead atoms. The van der Waals surface area contributed by atoms with Gasteiger partial charge in [0, 0.05) is 0 Å². The van der Waals surface area contributed by atoms with Gasteiger partial charge in [0.1, 0.15) is 5.72 Å². The van der Waals surface area contributed by atoms with E-state index in [0.29, 0.717) is 13.0 Å². The number of β-lactam (4-membered cyclic amide) rings is 1. The number of rotatable bonds is 3. The van der Waals surface area contributed by atoms with Gasteiger partial charge in [-0.05, 0) is 32.3 Å². The van der Waals surface area contributed by atoms with E-state index in [2.05, 4.69) is 0 Å². The van der Waals surface area contributed by atoms with Crippen molar-refractivity contribution in [1.82, 2.24) is 4.90 Å². The van der Waals surface area contributed by atoms with Gasteiger partial charge in [0.2, 0.25) is 5.91 Å². The number of aliphatic hydroxyl groups excluding tert-OH is 1. The third-order valence-electron chi connectivity index (χ3n) is 4.42. The van der Waals surface area contributed by atoms with Crippen LogP contribution in [0.3, 0.4) is 0 Å². The fourth-order valence-electron chi connectivity index (χ4n) is 3.44. The van der Waals surface area contributed by atoms with Crippen molar-refractivity contribution >= 4 is 5.91 Å². The molecule has 0 saturated carbocycles. The molecule has 0 spiro atoms. The Labute approximate surface area is 119 Å². The van der Waals surface area contributed by atoms with Crippen molar-refractivity contribution in [3.8, 4) is 0 Å². The third-order valence-corrected chi connectivity index (χ3v) is 4.42. The number of nitrogens with zero attached hydrogens (tertiary/aromatic N) is 1. The molecule has 2 heterocycles. The van der Waals surface area contributed by atoms with Gasteiger partial charge >= 0.3 is 0 Å². The summed E-state index contributed by atoms with van der Waals surface area (Å²) < 4.78 is 5.64. The lowest BCUT2D eigenvalue weighted by molar-refractivity contribution is -0.241. The van der Waals surface area contributed by atoms with Crippen LogP contribution in [0.2, 0.25) is 0 Å². The Balaban J connectivity index is 1.71. The quantitative estimate of drug-likeness (QED) is 0.852. The molecule has 1 aromatic rings. The Kier molecular flexibility index (Phi) is 3.30. The summed E-state index contributed by atoms with van der Waals surface area (Å²) in [5.41, 5.74) is 0.528. The van der Waals surface area contributed by atoms with Gasteiger partial charge < -0.3 is 14.7 Å². The summed E-state index contributed by atoms with van der Waals surface area (Å²) in [5.74, 6) is -0.262. The number of carbonyl (C=O) groups is 1. The number of aliphatic hydroxyl groups is 1. The Morgan fingerprint density at radius 2 is 2.10 bits per heavy atom. The first-order valence-corrected chi connectivity index (χ1v) is 7.20. The average molecular weight is 275 g/mol. The Bertz CT molecular complexity index is 500. The molecular weight excluding hydrogens is 254 g/mol. The van der Waals surface area contributed by atoms with Crippen molar-refractivity contribution in [2.75, 3.05) is 6.61 Å². The zero-order valence-electron chi connectivity index (χ0n) is 12.0. The van der Waals surface area contributed by atoms with Crippen LogP contribution in [0.15, 0.2) is 30.3 Å². The van der Waals surface area contributed by atoms with Crippen LogP contribution in [0.4, 0.5) is 0 Å². The molecular formula is C16H21NO3. The maximum absolute atomic E-state index is 12.3. The number of hydrogen-bond acceptors (Lipinski definition) is 3. The van der Waals surface area contributed by atoms with Crippen LogP contribution in [0.5, 0.6) is 0 Å². The average Bonchev–Trinajstić information content (AvgIpc) is 2.37. The molecule has 2 fully saturated rings. The lowest BCUT2D eigenvalue weighted by Gasteiger charge is -2.58. The normalized spacial score (nSPS) is 29.6. The van der Waals surface area contributed by atoms with Crippen LogP contribution in [0.25, 0.3) is 0 Å². The highest BCUT2D eigenvalue weighted by Gasteiger charge is 2.57. The number of ether oxygens (including phenoxy) is 1. The van der Waals surface area contributed by atoms with Crippen LogP contribution in [0, 0.1) is 5.92 Å². The minimum Gasteiger partial charge on any atom is -0.392 e. The van der Waals surface area contributed by atoms with Crippen molar-refractivity contribution in [3.05, 3.63) is 35.9 Å². The molecule has 4 nitrogen and oxygen atoms in total. The first kappa shape index (κ1) is 13.6. The first-order valence-electron chi connectivity index (χ1n) is 7.20. The summed E-state index contributed by atoms with van der Waals surface area (Å²) in [6.45, 7) is 4.48. The second-order valence-corrected chi connectivity index (χ2v) is 6.14. The number of carbonyl (C=O) groups excluding carboxylic acids is 1. The first-order chi connectivity index (χ1) is 9.50. The van der Waals surface area contributed by atoms with E-state index in [9.17, 15) is 9.90 Å². The lowest BCUT2D eigenvalue weighted by Crippen LogP contribution is -2.73. The molecule has 1 amide bonds. The van der Waals surface area contributed by atoms with Gasteiger partial charge in [-0.2, -0.15) is 0 Å². The van der Waals surface area contributed by atoms with Gasteiger partial charge in [0.15, 0.2) is 0 Å². The minimum absolute atomic E-state index is 0.0168. The van der Waals surface area contributed by atoms with Gasteiger partial charge in [-0.15, -0.1) is 0 Å². The predicted molar refractivity (Wildman–Crippen MR) is 74.9 cm³/mol. The molecule has 20 heavy (non-hydrogen) atoms. The van der Waals surface area contributed by atoms with E-state index < -0.39 is 11.8 Å². The van der Waals surface area contributed by atoms with E-state index in [1.807, 2.05) is 44.2 Å². The third kappa shape index (κ3) is 2.13. The highest BCUT2D eigenvalue weighted by Crippen LogP contribution is 2.42. The summed E-state index contributed by atoms with van der Waals surface area (Å²) in [7, 11) is 0. The van der Waals surface area contributed by atoms with Gasteiger partial charge in [-0.3, -0.25) is 4.79 Å². The van der Waals surface area contributed by atoms with Gasteiger partial charge in [-0.25, -0.2) is 0 Å². The van der Waals surface area contributed by atoms with Gasteiger partial charge in [-0.1, -0.05) is 30.3 Å². The molecule has 3 unspecified atom stereocenters. The van der Waals surface area contributed by atoms with E-state index in [0.717, 1.165) is 12.0 Å². The molecule has 2 aliphatic rings. The number of amides is 1. The molecule has 1 N–H and O–H groups in total. The van der Waals surface area contributed by atoms with E-state index in [1.54, 1.807) is 4.90 Å². The summed E-state index contributed by atoms with van der Waals surface area (Å²) in [6, 6.07) is 9.94. The number of hydrogen-bond donors (Lipinski definition) is 1. The molecule has 2 saturated heterocycles. The molecule has 0 radical (unpaired) electrons. The molecule has 3 rings (SSSR count). The van der Waals surface area contributed by atoms with Crippen molar-refractivity contribution < 1.29 is 14.6 Å². The van der Waals surface area contributed by atoms with Crippen LogP contribution in [-0.2, 0) is 16.0 Å². The summed E-state index contributed by atoms with van der Waals surface area (Å²) >= 11 is 0. The van der Waals surface area contributed by atoms with E-state index >= 15 is 0 Å². The molecule has 1 aromatic carbocycles. The Morgan fingerprint density at radius 1 is 1.40 bits per heavy atom. The molecule has 3 atom stereocenters. The van der Waals surface area contributed by atoms with Crippen LogP contribution < -0.4 is 0 Å². The number of fused-ring (bicyclic) bond motifs is 1. The fourth-order valence-corrected chi connectivity index (χ4v) is 3.44. The van der Waals surface area contributed by atoms with E-state index in [4.69, 9.17) is 4.74 Å². The van der Waals surface area contributed by atoms with Crippen molar-refractivity contribution in [2.45, 2.75) is 44.6 Å². The summed E-state index contributed by atoms with van der Waals surface area (Å²) in [5, 5.41) is 10.4. The summed E-state index contributed by atoms with van der Waals surface area (Å²) in [6.07, 6.45) is 0.731. The number of benzene rings is 1. The Hall–Kier alpha value is -1.39. The molecule has 0 aliphatic carbocycles. The second kappa shape index (κ2) is 4.86. The smallest absolute Gasteiger partial charge is 0.232 e. The molecule has 108 valence electrons. The fraction of sp³-hybridized carbons (Fsp3) is 0.562. The molecule has 0 aromatic heterocycles. The minimum atomic E-state index is -0.611. The van der Waals surface area contributed by atoms with Crippen LogP contribution in [0.1, 0.15) is 25.8 Å². The maximum Gasteiger partial charge on any atom is 0.232 e. The zero-order valence-corrected chi connectivity index (χ0v) is 12.0. The van der Waals surface area contributed by atoms with Gasteiger partial charge in [0.25, 0.3) is 0 Å². The molecule has 4 heteroatoms. The van der Waals surface area contributed by atoms with E-state index in [-0.39, 0.29) is 17.9 Å². The standard InChI is InChI=1S/C16H21NO3/c1-16(2)17-12(8-9-20-16)14(15(17)19)13(18)10-11-6-4-3-5-7-11/h3-7,12-14,18H,8-10H2,1-2H3. The maximum atomic E-state index is 12.3. The summed E-state index contributed by atoms with van der Waals surface area (Å²) in [4.78, 5) is 14.1. The topological polar surface area (TPSA) is 49.8 Å².